The number of likely N-dealkylation sites (N-methyl/N-ethyl adjacent to an activating group) is 1. The summed E-state index contributed by atoms with van der Waals surface area (Å²) < 4.78 is 0. The van der Waals surface area contributed by atoms with E-state index < -0.39 is 0 Å². The van der Waals surface area contributed by atoms with E-state index in [0.717, 1.165) is 58.2 Å². The van der Waals surface area contributed by atoms with E-state index in [1.165, 1.54) is 21.7 Å². The summed E-state index contributed by atoms with van der Waals surface area (Å²) in [4.78, 5) is 18.2. The summed E-state index contributed by atoms with van der Waals surface area (Å²) in [5.74, 6) is 0.921. The molecule has 0 spiro atoms. The molecule has 2 aromatic rings. The van der Waals surface area contributed by atoms with Crippen LogP contribution >= 0.6 is 11.3 Å². The molecule has 0 radical (unpaired) electrons. The van der Waals surface area contributed by atoms with Gasteiger partial charge in [-0.1, -0.05) is 0 Å². The van der Waals surface area contributed by atoms with E-state index in [-0.39, 0.29) is 0 Å². The number of aromatic nitrogens is 2. The van der Waals surface area contributed by atoms with Gasteiger partial charge >= 0.3 is 0 Å². The largest absolute Gasteiger partial charge is 0.338 e. The lowest BCUT2D eigenvalue weighted by Gasteiger charge is -2.33. The van der Waals surface area contributed by atoms with Crippen LogP contribution in [0.15, 0.2) is 17.6 Å². The van der Waals surface area contributed by atoms with Crippen molar-refractivity contribution in [2.24, 2.45) is 0 Å². The molecule has 24 heavy (non-hydrogen) atoms. The molecule has 0 aliphatic carbocycles. The van der Waals surface area contributed by atoms with Crippen LogP contribution in [0.3, 0.4) is 0 Å². The van der Waals surface area contributed by atoms with Crippen molar-refractivity contribution < 1.29 is 0 Å². The first-order valence-corrected chi connectivity index (χ1v) is 9.60. The number of anilines is 1. The molecule has 0 N–H and O–H groups in total. The SMILES string of the molecule is Cc1ccsc1CN1CCc2nc(N3CCN(C)CC3)ncc2C1. The molecule has 0 unspecified atom stereocenters. The first-order chi connectivity index (χ1) is 11.7. The Morgan fingerprint density at radius 1 is 1.17 bits per heavy atom. The molecule has 2 aromatic heterocycles. The summed E-state index contributed by atoms with van der Waals surface area (Å²) in [7, 11) is 2.18. The monoisotopic (exact) mass is 343 g/mol. The number of piperazine rings is 1. The van der Waals surface area contributed by atoms with Gasteiger partial charge in [-0.2, -0.15) is 0 Å². The van der Waals surface area contributed by atoms with Gasteiger partial charge in [-0.25, -0.2) is 9.97 Å². The van der Waals surface area contributed by atoms with Gasteiger partial charge in [0.1, 0.15) is 0 Å². The summed E-state index contributed by atoms with van der Waals surface area (Å²) in [6.45, 7) is 9.54. The van der Waals surface area contributed by atoms with Gasteiger partial charge in [-0.3, -0.25) is 4.90 Å². The summed E-state index contributed by atoms with van der Waals surface area (Å²) >= 11 is 1.86. The standard InChI is InChI=1S/C18H25N5S/c1-14-4-10-24-17(14)13-22-5-3-16-15(12-22)11-19-18(20-16)23-8-6-21(2)7-9-23/h4,10-11H,3,5-9,12-13H2,1-2H3. The number of thiophene rings is 1. The third kappa shape index (κ3) is 3.31. The lowest BCUT2D eigenvalue weighted by molar-refractivity contribution is 0.244. The Balaban J connectivity index is 1.44. The maximum atomic E-state index is 4.88. The smallest absolute Gasteiger partial charge is 0.225 e. The molecular formula is C18H25N5S. The maximum absolute atomic E-state index is 4.88. The average Bonchev–Trinajstić information content (AvgIpc) is 3.00. The third-order valence-electron chi connectivity index (χ3n) is 5.12. The number of nitrogens with zero attached hydrogens (tertiary/aromatic N) is 5. The molecule has 0 aromatic carbocycles. The van der Waals surface area contributed by atoms with E-state index >= 15 is 0 Å². The Labute approximate surface area is 147 Å². The van der Waals surface area contributed by atoms with Gasteiger partial charge in [-0.15, -0.1) is 11.3 Å². The van der Waals surface area contributed by atoms with Crippen LogP contribution in [0.5, 0.6) is 0 Å². The highest BCUT2D eigenvalue weighted by atomic mass is 32.1. The fourth-order valence-electron chi connectivity index (χ4n) is 3.43. The first kappa shape index (κ1) is 16.0. The second kappa shape index (κ2) is 6.78. The summed E-state index contributed by atoms with van der Waals surface area (Å²) in [5, 5.41) is 2.19. The van der Waals surface area contributed by atoms with Crippen LogP contribution in [0.2, 0.25) is 0 Å². The van der Waals surface area contributed by atoms with E-state index in [0.29, 0.717) is 0 Å². The third-order valence-corrected chi connectivity index (χ3v) is 6.13. The molecule has 5 nitrogen and oxygen atoms in total. The van der Waals surface area contributed by atoms with Crippen LogP contribution < -0.4 is 4.90 Å². The molecular weight excluding hydrogens is 318 g/mol. The highest BCUT2D eigenvalue weighted by molar-refractivity contribution is 7.10. The predicted octanol–water partition coefficient (Wildman–Crippen LogP) is 2.16. The van der Waals surface area contributed by atoms with Crippen molar-refractivity contribution in [1.29, 1.82) is 0 Å². The molecule has 0 bridgehead atoms. The number of hydrogen-bond donors (Lipinski definition) is 0. The van der Waals surface area contributed by atoms with Gasteiger partial charge < -0.3 is 9.80 Å². The van der Waals surface area contributed by atoms with E-state index in [2.05, 4.69) is 51.3 Å². The second-order valence-electron chi connectivity index (χ2n) is 6.92. The molecule has 128 valence electrons. The van der Waals surface area contributed by atoms with Crippen LogP contribution in [-0.4, -0.2) is 59.5 Å². The van der Waals surface area contributed by atoms with Crippen molar-refractivity contribution in [3.63, 3.8) is 0 Å². The van der Waals surface area contributed by atoms with Crippen molar-refractivity contribution >= 4 is 17.3 Å². The fraction of sp³-hybridized carbons (Fsp3) is 0.556. The van der Waals surface area contributed by atoms with Gasteiger partial charge in [0.15, 0.2) is 0 Å². The topological polar surface area (TPSA) is 35.5 Å². The van der Waals surface area contributed by atoms with E-state index in [1.807, 2.05) is 11.3 Å². The lowest BCUT2D eigenvalue weighted by atomic mass is 10.1. The Kier molecular flexibility index (Phi) is 4.52. The van der Waals surface area contributed by atoms with Gasteiger partial charge in [0.25, 0.3) is 0 Å². The molecule has 4 heterocycles. The first-order valence-electron chi connectivity index (χ1n) is 8.72. The number of aryl methyl sites for hydroxylation is 1. The highest BCUT2D eigenvalue weighted by Gasteiger charge is 2.22. The number of rotatable bonds is 3. The van der Waals surface area contributed by atoms with Crippen LogP contribution in [-0.2, 0) is 19.5 Å². The van der Waals surface area contributed by atoms with E-state index in [4.69, 9.17) is 4.98 Å². The van der Waals surface area contributed by atoms with Gasteiger partial charge in [0.05, 0.1) is 5.69 Å². The number of hydrogen-bond acceptors (Lipinski definition) is 6. The molecule has 0 saturated carbocycles. The summed E-state index contributed by atoms with van der Waals surface area (Å²) in [6.07, 6.45) is 3.09. The molecule has 0 atom stereocenters. The van der Waals surface area contributed by atoms with Gasteiger partial charge in [0, 0.05) is 68.9 Å². The second-order valence-corrected chi connectivity index (χ2v) is 7.92. The molecule has 6 heteroatoms. The minimum Gasteiger partial charge on any atom is -0.338 e. The minimum atomic E-state index is 0.921. The van der Waals surface area contributed by atoms with Crippen molar-refractivity contribution in [2.45, 2.75) is 26.4 Å². The molecule has 4 rings (SSSR count). The summed E-state index contributed by atoms with van der Waals surface area (Å²) in [6, 6.07) is 2.21. The quantitative estimate of drug-likeness (QED) is 0.853. The Morgan fingerprint density at radius 3 is 2.75 bits per heavy atom. The van der Waals surface area contributed by atoms with Crippen LogP contribution in [0.1, 0.15) is 21.7 Å². The van der Waals surface area contributed by atoms with Crippen molar-refractivity contribution in [3.8, 4) is 0 Å². The van der Waals surface area contributed by atoms with Crippen LogP contribution in [0.25, 0.3) is 0 Å². The Morgan fingerprint density at radius 2 is 2.00 bits per heavy atom. The fourth-order valence-corrected chi connectivity index (χ4v) is 4.37. The molecule has 0 amide bonds. The van der Waals surface area contributed by atoms with E-state index in [9.17, 15) is 0 Å². The Hall–Kier alpha value is -1.50. The van der Waals surface area contributed by atoms with Crippen molar-refractivity contribution in [1.82, 2.24) is 19.8 Å². The molecule has 2 aliphatic rings. The van der Waals surface area contributed by atoms with Gasteiger partial charge in [0.2, 0.25) is 5.95 Å². The molecule has 1 fully saturated rings. The average molecular weight is 344 g/mol. The zero-order chi connectivity index (χ0) is 16.5. The predicted molar refractivity (Wildman–Crippen MR) is 98.6 cm³/mol. The highest BCUT2D eigenvalue weighted by Crippen LogP contribution is 2.24. The van der Waals surface area contributed by atoms with Gasteiger partial charge in [-0.05, 0) is 31.0 Å². The van der Waals surface area contributed by atoms with Crippen molar-refractivity contribution in [2.75, 3.05) is 44.7 Å². The Bertz CT molecular complexity index is 705. The van der Waals surface area contributed by atoms with E-state index in [1.54, 1.807) is 0 Å². The molecule has 1 saturated heterocycles. The maximum Gasteiger partial charge on any atom is 0.225 e. The minimum absolute atomic E-state index is 0.921. The van der Waals surface area contributed by atoms with Crippen LogP contribution in [0, 0.1) is 6.92 Å². The summed E-state index contributed by atoms with van der Waals surface area (Å²) in [5.41, 5.74) is 3.96. The van der Waals surface area contributed by atoms with Crippen LogP contribution in [0.4, 0.5) is 5.95 Å². The van der Waals surface area contributed by atoms with Crippen molar-refractivity contribution in [3.05, 3.63) is 39.3 Å². The normalized spacial score (nSPS) is 19.5. The lowest BCUT2D eigenvalue weighted by Crippen LogP contribution is -2.45. The molecule has 2 aliphatic heterocycles. The zero-order valence-electron chi connectivity index (χ0n) is 14.5. The number of fused-ring (bicyclic) bond motifs is 1. The zero-order valence-corrected chi connectivity index (χ0v) is 15.3.